The van der Waals surface area contributed by atoms with Crippen molar-refractivity contribution in [2.75, 3.05) is 20.3 Å². The summed E-state index contributed by atoms with van der Waals surface area (Å²) in [6.07, 6.45) is 0. The average Bonchev–Trinajstić information content (AvgIpc) is 2.96. The van der Waals surface area contributed by atoms with E-state index in [0.717, 1.165) is 5.56 Å². The van der Waals surface area contributed by atoms with Crippen LogP contribution in [-0.4, -0.2) is 36.8 Å². The summed E-state index contributed by atoms with van der Waals surface area (Å²) in [6, 6.07) is 9.72. The van der Waals surface area contributed by atoms with Crippen molar-refractivity contribution in [3.8, 4) is 5.88 Å². The number of benzene rings is 1. The highest BCUT2D eigenvalue weighted by molar-refractivity contribution is 6.06. The number of esters is 2. The molecule has 0 aliphatic rings. The molecule has 0 bridgehead atoms. The molecule has 0 saturated carbocycles. The molecule has 1 aromatic carbocycles. The van der Waals surface area contributed by atoms with E-state index in [9.17, 15) is 9.59 Å². The van der Waals surface area contributed by atoms with Crippen molar-refractivity contribution in [3.05, 3.63) is 52.7 Å². The lowest BCUT2D eigenvalue weighted by Crippen LogP contribution is -2.13. The summed E-state index contributed by atoms with van der Waals surface area (Å²) >= 11 is 0. The van der Waals surface area contributed by atoms with Gasteiger partial charge in [0.2, 0.25) is 5.88 Å². The van der Waals surface area contributed by atoms with Crippen LogP contribution in [-0.2, 0) is 16.0 Å². The van der Waals surface area contributed by atoms with Crippen molar-refractivity contribution >= 4 is 11.9 Å². The van der Waals surface area contributed by atoms with E-state index in [0.29, 0.717) is 18.1 Å². The Kier molecular flexibility index (Phi) is 9.13. The molecular formula is C21H29NO5. The molecule has 0 spiro atoms. The van der Waals surface area contributed by atoms with Crippen molar-refractivity contribution in [2.45, 2.75) is 41.2 Å². The zero-order chi connectivity index (χ0) is 20.4. The normalized spacial score (nSPS) is 9.85. The maximum absolute atomic E-state index is 12.4. The van der Waals surface area contributed by atoms with E-state index in [-0.39, 0.29) is 24.3 Å². The summed E-state index contributed by atoms with van der Waals surface area (Å²) in [5.41, 5.74) is 1.91. The van der Waals surface area contributed by atoms with Gasteiger partial charge in [-0.25, -0.2) is 9.59 Å². The van der Waals surface area contributed by atoms with E-state index in [1.165, 1.54) is 7.11 Å². The fourth-order valence-corrected chi connectivity index (χ4v) is 2.72. The highest BCUT2D eigenvalue weighted by Crippen LogP contribution is 2.31. The zero-order valence-electron chi connectivity index (χ0n) is 17.0. The summed E-state index contributed by atoms with van der Waals surface area (Å²) in [6.45, 7) is 10.1. The zero-order valence-corrected chi connectivity index (χ0v) is 17.0. The first-order valence-electron chi connectivity index (χ1n) is 9.20. The predicted octanol–water partition coefficient (Wildman–Crippen LogP) is 4.23. The van der Waals surface area contributed by atoms with Gasteiger partial charge < -0.3 is 18.8 Å². The van der Waals surface area contributed by atoms with Crippen LogP contribution in [0.3, 0.4) is 0 Å². The Morgan fingerprint density at radius 3 is 1.93 bits per heavy atom. The molecular weight excluding hydrogens is 346 g/mol. The van der Waals surface area contributed by atoms with Crippen LogP contribution in [0.4, 0.5) is 0 Å². The number of ether oxygens (including phenoxy) is 3. The Bertz CT molecular complexity index is 750. The second-order valence-electron chi connectivity index (χ2n) is 5.36. The van der Waals surface area contributed by atoms with Crippen LogP contribution in [0.25, 0.3) is 0 Å². The molecule has 1 heterocycles. The number of rotatable bonds is 7. The Morgan fingerprint density at radius 1 is 0.926 bits per heavy atom. The van der Waals surface area contributed by atoms with Gasteiger partial charge >= 0.3 is 11.9 Å². The molecule has 0 unspecified atom stereocenters. The number of hydrogen-bond donors (Lipinski definition) is 0. The summed E-state index contributed by atoms with van der Waals surface area (Å²) in [5, 5.41) is 0. The summed E-state index contributed by atoms with van der Waals surface area (Å²) < 4.78 is 17.5. The Morgan fingerprint density at radius 2 is 1.44 bits per heavy atom. The van der Waals surface area contributed by atoms with Crippen LogP contribution in [0.2, 0.25) is 0 Å². The Labute approximate surface area is 161 Å². The lowest BCUT2D eigenvalue weighted by Gasteiger charge is -2.11. The van der Waals surface area contributed by atoms with E-state index in [4.69, 9.17) is 14.2 Å². The third-order valence-electron chi connectivity index (χ3n) is 3.81. The third-order valence-corrected chi connectivity index (χ3v) is 3.81. The number of carbonyl (C=O) groups excluding carboxylic acids is 2. The first kappa shape index (κ1) is 22.3. The predicted molar refractivity (Wildman–Crippen MR) is 105 cm³/mol. The largest absolute Gasteiger partial charge is 0.482 e. The lowest BCUT2D eigenvalue weighted by molar-refractivity contribution is 0.0477. The van der Waals surface area contributed by atoms with Crippen LogP contribution in [0.1, 0.15) is 59.7 Å². The molecule has 0 radical (unpaired) electrons. The first-order chi connectivity index (χ1) is 13.0. The van der Waals surface area contributed by atoms with Crippen molar-refractivity contribution < 1.29 is 23.8 Å². The monoisotopic (exact) mass is 375 g/mol. The summed E-state index contributed by atoms with van der Waals surface area (Å²) in [5.74, 6) is -0.867. The topological polar surface area (TPSA) is 66.8 Å². The van der Waals surface area contributed by atoms with Gasteiger partial charge in [-0.15, -0.1) is 0 Å². The second kappa shape index (κ2) is 11.1. The number of carbonyl (C=O) groups is 2. The second-order valence-corrected chi connectivity index (χ2v) is 5.36. The smallest absolute Gasteiger partial charge is 0.344 e. The lowest BCUT2D eigenvalue weighted by atomic mass is 10.1. The van der Waals surface area contributed by atoms with Crippen LogP contribution in [0, 0.1) is 6.92 Å². The Hall–Kier alpha value is -2.76. The molecule has 0 N–H and O–H groups in total. The van der Waals surface area contributed by atoms with Crippen LogP contribution < -0.4 is 4.74 Å². The fourth-order valence-electron chi connectivity index (χ4n) is 2.72. The molecule has 0 amide bonds. The molecule has 148 valence electrons. The van der Waals surface area contributed by atoms with Gasteiger partial charge in [0.25, 0.3) is 0 Å². The van der Waals surface area contributed by atoms with Gasteiger partial charge in [0, 0.05) is 5.69 Å². The van der Waals surface area contributed by atoms with Gasteiger partial charge in [0.1, 0.15) is 5.56 Å². The molecule has 0 fully saturated rings. The fraction of sp³-hybridized carbons (Fsp3) is 0.429. The molecule has 27 heavy (non-hydrogen) atoms. The van der Waals surface area contributed by atoms with Gasteiger partial charge in [0.15, 0.2) is 0 Å². The van der Waals surface area contributed by atoms with Crippen LogP contribution in [0.15, 0.2) is 30.3 Å². The standard InChI is InChI=1S/C19H23NO5.C2H6/c1-5-24-18(21)15-13(3)20(12-14-10-8-7-9-11-14)17(23-4)16(15)19(22)25-6-2;1-2/h7-11H,5-6,12H2,1-4H3;1-2H3. The number of methoxy groups -OCH3 is 1. The average molecular weight is 375 g/mol. The summed E-state index contributed by atoms with van der Waals surface area (Å²) in [4.78, 5) is 24.9. The van der Waals surface area contributed by atoms with E-state index in [1.807, 2.05) is 44.2 Å². The quantitative estimate of drug-likeness (QED) is 0.678. The van der Waals surface area contributed by atoms with E-state index < -0.39 is 11.9 Å². The van der Waals surface area contributed by atoms with Crippen molar-refractivity contribution in [1.82, 2.24) is 4.57 Å². The molecule has 2 rings (SSSR count). The minimum Gasteiger partial charge on any atom is -0.482 e. The van der Waals surface area contributed by atoms with Crippen LogP contribution >= 0.6 is 0 Å². The third kappa shape index (κ3) is 5.12. The molecule has 2 aromatic rings. The highest BCUT2D eigenvalue weighted by atomic mass is 16.5. The van der Waals surface area contributed by atoms with Gasteiger partial charge in [-0.05, 0) is 26.3 Å². The number of nitrogens with zero attached hydrogens (tertiary/aromatic N) is 1. The maximum Gasteiger partial charge on any atom is 0.344 e. The molecule has 6 nitrogen and oxygen atoms in total. The Balaban J connectivity index is 0.00000176. The molecule has 0 aliphatic heterocycles. The SMILES string of the molecule is CC.CCOC(=O)c1c(C(=O)OCC)c(OC)n(Cc2ccccc2)c1C. The van der Waals surface area contributed by atoms with Gasteiger partial charge in [-0.2, -0.15) is 0 Å². The van der Waals surface area contributed by atoms with Gasteiger partial charge in [0.05, 0.1) is 32.4 Å². The van der Waals surface area contributed by atoms with Crippen molar-refractivity contribution in [3.63, 3.8) is 0 Å². The minimum absolute atomic E-state index is 0.108. The number of aromatic nitrogens is 1. The van der Waals surface area contributed by atoms with E-state index in [2.05, 4.69) is 0 Å². The van der Waals surface area contributed by atoms with Crippen LogP contribution in [0.5, 0.6) is 5.88 Å². The maximum atomic E-state index is 12.4. The molecule has 1 aromatic heterocycles. The molecule has 0 aliphatic carbocycles. The number of hydrogen-bond acceptors (Lipinski definition) is 5. The molecule has 0 saturated heterocycles. The van der Waals surface area contributed by atoms with E-state index >= 15 is 0 Å². The van der Waals surface area contributed by atoms with Crippen molar-refractivity contribution in [1.29, 1.82) is 0 Å². The summed E-state index contributed by atoms with van der Waals surface area (Å²) in [7, 11) is 1.47. The minimum atomic E-state index is -0.600. The molecule has 6 heteroatoms. The van der Waals surface area contributed by atoms with E-state index in [1.54, 1.807) is 25.3 Å². The van der Waals surface area contributed by atoms with Gasteiger partial charge in [-0.3, -0.25) is 0 Å². The van der Waals surface area contributed by atoms with Gasteiger partial charge in [-0.1, -0.05) is 44.2 Å². The van der Waals surface area contributed by atoms with Crippen molar-refractivity contribution in [2.24, 2.45) is 0 Å². The molecule has 0 atom stereocenters. The first-order valence-corrected chi connectivity index (χ1v) is 9.20. The highest BCUT2D eigenvalue weighted by Gasteiger charge is 2.32.